The zero-order valence-corrected chi connectivity index (χ0v) is 25.8. The highest BCUT2D eigenvalue weighted by Crippen LogP contribution is 2.28. The van der Waals surface area contributed by atoms with E-state index in [1.165, 1.54) is 4.57 Å². The number of anilines is 1. The van der Waals surface area contributed by atoms with Gasteiger partial charge in [0.1, 0.15) is 11.2 Å². The number of carbonyl (C=O) groups excluding carboxylic acids is 2. The van der Waals surface area contributed by atoms with Crippen molar-refractivity contribution in [3.63, 3.8) is 0 Å². The molecule has 2 amide bonds. The van der Waals surface area contributed by atoms with Gasteiger partial charge in [-0.1, -0.05) is 24.3 Å². The van der Waals surface area contributed by atoms with Crippen LogP contribution in [0, 0.1) is 4.84 Å². The number of ether oxygens (including phenoxy) is 2. The standard InChI is InChI=1S/C31H30N6O6S/c1-30(2,3)41-28(39)37(29(40)42-31(4,5)6)26-33-23-13-12-18(15-22(23)25(38)36(26)21-10-8-7-9-11-21)19-14-20(17-32-16-19)24-34-27(44)43-35-24/h7-17H,1-6H3,(H,34,35,44). The van der Waals surface area contributed by atoms with E-state index in [0.717, 1.165) is 0 Å². The molecule has 13 heteroatoms. The van der Waals surface area contributed by atoms with Gasteiger partial charge in [0.2, 0.25) is 5.95 Å². The number of rotatable bonds is 4. The number of hydrogen-bond donors (Lipinski definition) is 1. The third-order valence-corrected chi connectivity index (χ3v) is 6.17. The van der Waals surface area contributed by atoms with Crippen molar-refractivity contribution in [2.75, 3.05) is 4.90 Å². The number of amides is 2. The number of fused-ring (bicyclic) bond motifs is 1. The van der Waals surface area contributed by atoms with Crippen LogP contribution < -0.4 is 10.5 Å². The monoisotopic (exact) mass is 614 g/mol. The van der Waals surface area contributed by atoms with Crippen molar-refractivity contribution in [3.8, 4) is 28.2 Å². The number of carbonyl (C=O) groups is 2. The molecule has 0 spiro atoms. The van der Waals surface area contributed by atoms with Gasteiger partial charge in [0.25, 0.3) is 5.56 Å². The lowest BCUT2D eigenvalue weighted by Crippen LogP contribution is -2.46. The fourth-order valence-electron chi connectivity index (χ4n) is 4.25. The lowest BCUT2D eigenvalue weighted by Gasteiger charge is -2.29. The molecule has 0 saturated carbocycles. The summed E-state index contributed by atoms with van der Waals surface area (Å²) in [6, 6.07) is 15.4. The number of nitrogens with one attached hydrogen (secondary N) is 1. The third-order valence-electron chi connectivity index (χ3n) is 6.00. The van der Waals surface area contributed by atoms with Gasteiger partial charge in [-0.3, -0.25) is 9.78 Å². The van der Waals surface area contributed by atoms with Crippen LogP contribution in [0.25, 0.3) is 39.1 Å². The zero-order chi connectivity index (χ0) is 31.8. The smallest absolute Gasteiger partial charge is 0.427 e. The predicted molar refractivity (Wildman–Crippen MR) is 166 cm³/mol. The highest BCUT2D eigenvalue weighted by molar-refractivity contribution is 7.71. The molecule has 0 atom stereocenters. The summed E-state index contributed by atoms with van der Waals surface area (Å²) in [6.45, 7) is 9.99. The van der Waals surface area contributed by atoms with E-state index >= 15 is 0 Å². The number of H-pyrrole nitrogens is 1. The van der Waals surface area contributed by atoms with Crippen LogP contribution in [0.5, 0.6) is 0 Å². The van der Waals surface area contributed by atoms with Gasteiger partial charge in [0, 0.05) is 23.5 Å². The number of pyridine rings is 1. The van der Waals surface area contributed by atoms with E-state index in [1.807, 2.05) is 6.07 Å². The van der Waals surface area contributed by atoms with Crippen LogP contribution in [0.15, 0.2) is 76.3 Å². The first kappa shape index (κ1) is 30.3. The fourth-order valence-corrected chi connectivity index (χ4v) is 4.38. The Hall–Kier alpha value is -5.17. The van der Waals surface area contributed by atoms with Gasteiger partial charge >= 0.3 is 17.0 Å². The summed E-state index contributed by atoms with van der Waals surface area (Å²) in [6.07, 6.45) is 1.15. The number of aromatic amines is 1. The van der Waals surface area contributed by atoms with Gasteiger partial charge in [-0.05, 0) is 89.7 Å². The Labute approximate surface area is 257 Å². The van der Waals surface area contributed by atoms with Crippen molar-refractivity contribution in [3.05, 3.63) is 82.2 Å². The average molecular weight is 615 g/mol. The predicted octanol–water partition coefficient (Wildman–Crippen LogP) is 6.84. The molecule has 0 aliphatic carbocycles. The van der Waals surface area contributed by atoms with Crippen LogP contribution in [-0.2, 0) is 9.47 Å². The molecule has 0 fully saturated rings. The fraction of sp³-hybridized carbons (Fsp3) is 0.258. The van der Waals surface area contributed by atoms with Crippen molar-refractivity contribution in [2.24, 2.45) is 0 Å². The Morgan fingerprint density at radius 1 is 0.864 bits per heavy atom. The second-order valence-electron chi connectivity index (χ2n) is 11.8. The van der Waals surface area contributed by atoms with Crippen molar-refractivity contribution in [1.82, 2.24) is 24.7 Å². The van der Waals surface area contributed by atoms with Gasteiger partial charge in [0.05, 0.1) is 16.6 Å². The third kappa shape index (κ3) is 6.57. The first-order valence-corrected chi connectivity index (χ1v) is 14.0. The Kier molecular flexibility index (Phi) is 7.91. The van der Waals surface area contributed by atoms with E-state index in [9.17, 15) is 14.4 Å². The number of aromatic nitrogens is 5. The van der Waals surface area contributed by atoms with Crippen molar-refractivity contribution in [1.29, 1.82) is 0 Å². The molecule has 1 N–H and O–H groups in total. The maximum atomic E-state index is 14.3. The van der Waals surface area contributed by atoms with Crippen LogP contribution >= 0.6 is 12.2 Å². The quantitative estimate of drug-likeness (QED) is 0.214. The first-order valence-electron chi connectivity index (χ1n) is 13.6. The molecule has 44 heavy (non-hydrogen) atoms. The summed E-state index contributed by atoms with van der Waals surface area (Å²) in [5, 5.41) is 2.89. The number of nitrogens with zero attached hydrogens (tertiary/aromatic N) is 5. The second-order valence-corrected chi connectivity index (χ2v) is 12.2. The molecule has 12 nitrogen and oxygen atoms in total. The Bertz CT molecular complexity index is 1960. The Morgan fingerprint density at radius 2 is 1.50 bits per heavy atom. The topological polar surface area (TPSA) is 145 Å². The summed E-state index contributed by atoms with van der Waals surface area (Å²) < 4.78 is 17.3. The summed E-state index contributed by atoms with van der Waals surface area (Å²) in [5.41, 5.74) is 0.141. The Balaban J connectivity index is 1.72. The SMILES string of the molecule is CC(C)(C)OC(=O)N(C(=O)OC(C)(C)C)c1nc2ccc(-c3cncc(-c4nc(=S)o[nH]4)c3)cc2c(=O)n1-c1ccccc1. The van der Waals surface area contributed by atoms with E-state index in [-0.39, 0.29) is 21.7 Å². The minimum absolute atomic E-state index is 0.0613. The van der Waals surface area contributed by atoms with E-state index in [1.54, 1.807) is 102 Å². The van der Waals surface area contributed by atoms with E-state index in [0.29, 0.717) is 33.1 Å². The zero-order valence-electron chi connectivity index (χ0n) is 24.9. The van der Waals surface area contributed by atoms with Crippen molar-refractivity contribution in [2.45, 2.75) is 52.7 Å². The summed E-state index contributed by atoms with van der Waals surface area (Å²) in [5.74, 6) is 0.127. The molecule has 0 bridgehead atoms. The number of benzene rings is 2. The maximum Gasteiger partial charge on any atom is 0.427 e. The van der Waals surface area contributed by atoms with Crippen LogP contribution in [0.1, 0.15) is 41.5 Å². The number of hydrogen-bond acceptors (Lipinski definition) is 10. The minimum Gasteiger partial charge on any atom is -0.443 e. The first-order chi connectivity index (χ1) is 20.7. The highest BCUT2D eigenvalue weighted by Gasteiger charge is 2.36. The second kappa shape index (κ2) is 11.5. The largest absolute Gasteiger partial charge is 0.443 e. The molecule has 226 valence electrons. The number of para-hydroxylation sites is 1. The molecule has 3 aromatic heterocycles. The lowest BCUT2D eigenvalue weighted by molar-refractivity contribution is 0.0426. The summed E-state index contributed by atoms with van der Waals surface area (Å²) in [7, 11) is 0. The molecular formula is C31H30N6O6S. The van der Waals surface area contributed by atoms with Gasteiger partial charge in [-0.2, -0.15) is 4.98 Å². The molecule has 2 aromatic carbocycles. The number of imide groups is 1. The van der Waals surface area contributed by atoms with Crippen LogP contribution in [0.2, 0.25) is 0 Å². The van der Waals surface area contributed by atoms with Crippen LogP contribution in [-0.4, -0.2) is 48.1 Å². The lowest BCUT2D eigenvalue weighted by atomic mass is 10.0. The van der Waals surface area contributed by atoms with E-state index < -0.39 is 28.9 Å². The maximum absolute atomic E-state index is 14.3. The highest BCUT2D eigenvalue weighted by atomic mass is 32.1. The minimum atomic E-state index is -1.05. The molecule has 3 heterocycles. The summed E-state index contributed by atoms with van der Waals surface area (Å²) >= 11 is 4.96. The molecule has 5 aromatic rings. The van der Waals surface area contributed by atoms with Gasteiger partial charge in [-0.25, -0.2) is 24.3 Å². The Morgan fingerprint density at radius 3 is 2.09 bits per heavy atom. The normalized spacial score (nSPS) is 11.8. The molecule has 0 unspecified atom stereocenters. The van der Waals surface area contributed by atoms with E-state index in [4.69, 9.17) is 26.2 Å². The van der Waals surface area contributed by atoms with E-state index in [2.05, 4.69) is 20.1 Å². The molecule has 5 rings (SSSR count). The molecule has 0 aliphatic heterocycles. The molecular weight excluding hydrogens is 584 g/mol. The molecule has 0 saturated heterocycles. The van der Waals surface area contributed by atoms with Gasteiger partial charge in [0.15, 0.2) is 5.82 Å². The average Bonchev–Trinajstić information content (AvgIpc) is 3.38. The summed E-state index contributed by atoms with van der Waals surface area (Å²) in [4.78, 5) is 55.1. The molecule has 0 radical (unpaired) electrons. The van der Waals surface area contributed by atoms with Crippen molar-refractivity contribution >= 4 is 41.3 Å². The van der Waals surface area contributed by atoms with Crippen LogP contribution in [0.4, 0.5) is 15.5 Å². The molecule has 0 aliphatic rings. The van der Waals surface area contributed by atoms with Crippen molar-refractivity contribution < 1.29 is 23.6 Å². The van der Waals surface area contributed by atoms with Crippen LogP contribution in [0.3, 0.4) is 0 Å². The van der Waals surface area contributed by atoms with Gasteiger partial charge < -0.3 is 14.0 Å². The van der Waals surface area contributed by atoms with Gasteiger partial charge in [-0.15, -0.1) is 4.90 Å².